The van der Waals surface area contributed by atoms with Crippen LogP contribution in [0.15, 0.2) is 54.1 Å². The lowest BCUT2D eigenvalue weighted by Gasteiger charge is -2.09. The molecular weight excluding hydrogens is 312 g/mol. The number of hydrogen-bond donors (Lipinski definition) is 1. The Morgan fingerprint density at radius 3 is 2.50 bits per heavy atom. The third-order valence-corrected chi connectivity index (χ3v) is 3.11. The second-order valence-corrected chi connectivity index (χ2v) is 4.73. The van der Waals surface area contributed by atoms with Crippen molar-refractivity contribution >= 4 is 17.7 Å². The van der Waals surface area contributed by atoms with Crippen LogP contribution in [0, 0.1) is 21.4 Å². The van der Waals surface area contributed by atoms with Crippen LogP contribution < -0.4 is 4.74 Å². The molecule has 0 atom stereocenters. The molecule has 0 bridgehead atoms. The quantitative estimate of drug-likeness (QED) is 0.378. The first-order chi connectivity index (χ1) is 11.5. The fourth-order valence-corrected chi connectivity index (χ4v) is 1.90. The van der Waals surface area contributed by atoms with Crippen molar-refractivity contribution in [3.63, 3.8) is 0 Å². The maximum atomic E-state index is 10.9. The minimum atomic E-state index is -1.32. The van der Waals surface area contributed by atoms with Crippen LogP contribution in [0.25, 0.3) is 6.08 Å². The van der Waals surface area contributed by atoms with Crippen molar-refractivity contribution in [2.45, 2.75) is 6.61 Å². The second-order valence-electron chi connectivity index (χ2n) is 4.73. The minimum Gasteiger partial charge on any atom is -0.488 e. The zero-order valence-corrected chi connectivity index (χ0v) is 12.4. The molecule has 2 aromatic carbocycles. The number of carboxylic acid groups (broad SMARTS) is 1. The molecule has 0 fully saturated rings. The SMILES string of the molecule is N#CC(=Cc1ccccc1OCc1ccc([N+](=O)[O-])cc1)C(=O)O. The van der Waals surface area contributed by atoms with E-state index in [-0.39, 0.29) is 12.3 Å². The summed E-state index contributed by atoms with van der Waals surface area (Å²) in [5.41, 5.74) is 0.764. The zero-order chi connectivity index (χ0) is 17.5. The molecule has 0 amide bonds. The lowest BCUT2D eigenvalue weighted by atomic mass is 10.1. The molecule has 0 aromatic heterocycles. The molecule has 1 N–H and O–H groups in total. The number of nitro benzene ring substituents is 1. The predicted octanol–water partition coefficient (Wildman–Crippen LogP) is 3.17. The van der Waals surface area contributed by atoms with Crippen molar-refractivity contribution in [1.82, 2.24) is 0 Å². The smallest absolute Gasteiger partial charge is 0.346 e. The fourth-order valence-electron chi connectivity index (χ4n) is 1.90. The number of benzene rings is 2. The van der Waals surface area contributed by atoms with Gasteiger partial charge in [0.15, 0.2) is 0 Å². The average Bonchev–Trinajstić information content (AvgIpc) is 2.58. The van der Waals surface area contributed by atoms with Crippen LogP contribution in [0.4, 0.5) is 5.69 Å². The van der Waals surface area contributed by atoms with E-state index in [2.05, 4.69) is 0 Å². The van der Waals surface area contributed by atoms with Gasteiger partial charge in [0, 0.05) is 17.7 Å². The van der Waals surface area contributed by atoms with Crippen LogP contribution in [0.1, 0.15) is 11.1 Å². The maximum absolute atomic E-state index is 10.9. The van der Waals surface area contributed by atoms with Crippen LogP contribution >= 0.6 is 0 Å². The number of nitro groups is 1. The Balaban J connectivity index is 2.17. The number of para-hydroxylation sites is 1. The van der Waals surface area contributed by atoms with E-state index in [9.17, 15) is 14.9 Å². The normalized spacial score (nSPS) is 10.7. The van der Waals surface area contributed by atoms with Gasteiger partial charge in [0.05, 0.1) is 4.92 Å². The number of rotatable bonds is 6. The minimum absolute atomic E-state index is 0.0118. The van der Waals surface area contributed by atoms with E-state index in [1.165, 1.54) is 18.2 Å². The summed E-state index contributed by atoms with van der Waals surface area (Å²) in [6.07, 6.45) is 1.23. The number of hydrogen-bond acceptors (Lipinski definition) is 5. The largest absolute Gasteiger partial charge is 0.488 e. The molecule has 0 unspecified atom stereocenters. The molecular formula is C17H12N2O5. The van der Waals surface area contributed by atoms with Gasteiger partial charge in [0.2, 0.25) is 0 Å². The molecule has 0 spiro atoms. The van der Waals surface area contributed by atoms with Gasteiger partial charge in [0.25, 0.3) is 5.69 Å². The van der Waals surface area contributed by atoms with Gasteiger partial charge >= 0.3 is 5.97 Å². The second kappa shape index (κ2) is 7.56. The predicted molar refractivity (Wildman–Crippen MR) is 85.1 cm³/mol. The number of nitrogens with zero attached hydrogens (tertiary/aromatic N) is 2. The van der Waals surface area contributed by atoms with Gasteiger partial charge in [0.1, 0.15) is 24.0 Å². The van der Waals surface area contributed by atoms with Crippen molar-refractivity contribution in [3.05, 3.63) is 75.3 Å². The van der Waals surface area contributed by atoms with Crippen LogP contribution in [0.2, 0.25) is 0 Å². The first-order valence-electron chi connectivity index (χ1n) is 6.81. The Hall–Kier alpha value is -3.66. The Kier molecular flexibility index (Phi) is 5.26. The van der Waals surface area contributed by atoms with Crippen molar-refractivity contribution in [2.75, 3.05) is 0 Å². The van der Waals surface area contributed by atoms with Crippen molar-refractivity contribution in [3.8, 4) is 11.8 Å². The lowest BCUT2D eigenvalue weighted by Crippen LogP contribution is -2.00. The molecule has 0 aliphatic carbocycles. The van der Waals surface area contributed by atoms with Gasteiger partial charge in [-0.3, -0.25) is 10.1 Å². The molecule has 7 nitrogen and oxygen atoms in total. The van der Waals surface area contributed by atoms with Gasteiger partial charge in [-0.2, -0.15) is 5.26 Å². The Morgan fingerprint density at radius 2 is 1.92 bits per heavy atom. The van der Waals surface area contributed by atoms with E-state index in [4.69, 9.17) is 15.1 Å². The van der Waals surface area contributed by atoms with Crippen LogP contribution in [0.5, 0.6) is 5.75 Å². The summed E-state index contributed by atoms with van der Waals surface area (Å²) in [4.78, 5) is 21.1. The molecule has 0 saturated heterocycles. The summed E-state index contributed by atoms with van der Waals surface area (Å²) in [6.45, 7) is 0.151. The Bertz CT molecular complexity index is 835. The highest BCUT2D eigenvalue weighted by Gasteiger charge is 2.09. The number of non-ortho nitro benzene ring substituents is 1. The van der Waals surface area contributed by atoms with E-state index in [1.54, 1.807) is 42.5 Å². The number of nitriles is 1. The molecule has 0 aliphatic heterocycles. The summed E-state index contributed by atoms with van der Waals surface area (Å²) in [7, 11) is 0. The Labute approximate surface area is 137 Å². The molecule has 0 heterocycles. The molecule has 0 radical (unpaired) electrons. The van der Waals surface area contributed by atoms with Gasteiger partial charge < -0.3 is 9.84 Å². The maximum Gasteiger partial charge on any atom is 0.346 e. The van der Waals surface area contributed by atoms with E-state index in [1.807, 2.05) is 0 Å². The summed E-state index contributed by atoms with van der Waals surface area (Å²) >= 11 is 0. The highest BCUT2D eigenvalue weighted by Crippen LogP contribution is 2.22. The van der Waals surface area contributed by atoms with Crippen LogP contribution in [0.3, 0.4) is 0 Å². The van der Waals surface area contributed by atoms with Gasteiger partial charge in [-0.25, -0.2) is 4.79 Å². The zero-order valence-electron chi connectivity index (χ0n) is 12.4. The molecule has 2 aromatic rings. The van der Waals surface area contributed by atoms with Crippen LogP contribution in [-0.2, 0) is 11.4 Å². The molecule has 0 aliphatic rings. The molecule has 24 heavy (non-hydrogen) atoms. The van der Waals surface area contributed by atoms with E-state index < -0.39 is 16.5 Å². The molecule has 2 rings (SSSR count). The van der Waals surface area contributed by atoms with E-state index >= 15 is 0 Å². The Morgan fingerprint density at radius 1 is 1.25 bits per heavy atom. The summed E-state index contributed by atoms with van der Waals surface area (Å²) < 4.78 is 5.63. The van der Waals surface area contributed by atoms with Gasteiger partial charge in [-0.15, -0.1) is 0 Å². The highest BCUT2D eigenvalue weighted by atomic mass is 16.6. The van der Waals surface area contributed by atoms with Crippen molar-refractivity contribution < 1.29 is 19.6 Å². The summed E-state index contributed by atoms with van der Waals surface area (Å²) in [6, 6.07) is 14.2. The first kappa shape index (κ1) is 16.7. The van der Waals surface area contributed by atoms with Gasteiger partial charge in [-0.1, -0.05) is 18.2 Å². The number of carboxylic acids is 1. The summed E-state index contributed by atoms with van der Waals surface area (Å²) in [5, 5.41) is 28.4. The van der Waals surface area contributed by atoms with Crippen LogP contribution in [-0.4, -0.2) is 16.0 Å². The van der Waals surface area contributed by atoms with Crippen molar-refractivity contribution in [2.24, 2.45) is 0 Å². The third-order valence-electron chi connectivity index (χ3n) is 3.11. The first-order valence-corrected chi connectivity index (χ1v) is 6.81. The van der Waals surface area contributed by atoms with E-state index in [0.29, 0.717) is 11.3 Å². The highest BCUT2D eigenvalue weighted by molar-refractivity contribution is 5.96. The average molecular weight is 324 g/mol. The van der Waals surface area contributed by atoms with Gasteiger partial charge in [-0.05, 0) is 29.8 Å². The standard InChI is InChI=1S/C17H12N2O5/c18-10-14(17(20)21)9-13-3-1-2-4-16(13)24-11-12-5-7-15(8-6-12)19(22)23/h1-9H,11H2,(H,20,21). The number of carbonyl (C=O) groups is 1. The van der Waals surface area contributed by atoms with Crippen molar-refractivity contribution in [1.29, 1.82) is 5.26 Å². The molecule has 120 valence electrons. The number of ether oxygens (including phenoxy) is 1. The van der Waals surface area contributed by atoms with E-state index in [0.717, 1.165) is 5.56 Å². The molecule has 0 saturated carbocycles. The summed E-state index contributed by atoms with van der Waals surface area (Å²) in [5.74, 6) is -0.910. The lowest BCUT2D eigenvalue weighted by molar-refractivity contribution is -0.384. The monoisotopic (exact) mass is 324 g/mol. The topological polar surface area (TPSA) is 113 Å². The third kappa shape index (κ3) is 4.18. The molecule has 7 heteroatoms. The number of aliphatic carboxylic acids is 1. The fraction of sp³-hybridized carbons (Fsp3) is 0.0588.